The maximum atomic E-state index is 6.20. The van der Waals surface area contributed by atoms with E-state index in [1.807, 2.05) is 31.3 Å². The van der Waals surface area contributed by atoms with E-state index < -0.39 is 0 Å². The van der Waals surface area contributed by atoms with Gasteiger partial charge in [-0.25, -0.2) is 0 Å². The Hall–Kier alpha value is -2.26. The molecule has 0 radical (unpaired) electrons. The van der Waals surface area contributed by atoms with Gasteiger partial charge >= 0.3 is 0 Å². The molecule has 0 bridgehead atoms. The lowest BCUT2D eigenvalue weighted by Crippen LogP contribution is -2.15. The first-order chi connectivity index (χ1) is 13.8. The minimum Gasteiger partial charge on any atom is -0.492 e. The molecular formula is C25H27Cl2NO. The van der Waals surface area contributed by atoms with E-state index in [1.54, 1.807) is 0 Å². The highest BCUT2D eigenvalue weighted by atomic mass is 35.5. The zero-order valence-corrected chi connectivity index (χ0v) is 18.2. The van der Waals surface area contributed by atoms with E-state index in [0.29, 0.717) is 12.5 Å². The quantitative estimate of drug-likeness (QED) is 0.246. The molecule has 0 aliphatic heterocycles. The number of alkyl halides is 1. The van der Waals surface area contributed by atoms with Crippen LogP contribution in [-0.4, -0.2) is 26.1 Å². The summed E-state index contributed by atoms with van der Waals surface area (Å²) in [5, 5.41) is 3.09. The molecule has 3 rings (SSSR count). The summed E-state index contributed by atoms with van der Waals surface area (Å²) in [6.07, 6.45) is 0.802. The molecule has 0 amide bonds. The van der Waals surface area contributed by atoms with Crippen LogP contribution in [-0.2, 0) is 0 Å². The maximum Gasteiger partial charge on any atom is 0.119 e. The van der Waals surface area contributed by atoms with Crippen LogP contribution in [0, 0.1) is 0 Å². The zero-order valence-electron chi connectivity index (χ0n) is 16.6. The molecule has 3 aromatic rings. The third-order valence-corrected chi connectivity index (χ3v) is 4.78. The zero-order chi connectivity index (χ0) is 19.6. The van der Waals surface area contributed by atoms with E-state index >= 15 is 0 Å². The number of hydrogen-bond donors (Lipinski definition) is 1. The Labute approximate surface area is 185 Å². The monoisotopic (exact) mass is 427 g/mol. The van der Waals surface area contributed by atoms with Gasteiger partial charge in [0, 0.05) is 12.4 Å². The fourth-order valence-corrected chi connectivity index (χ4v) is 3.45. The third-order valence-electron chi connectivity index (χ3n) is 4.59. The van der Waals surface area contributed by atoms with Crippen molar-refractivity contribution in [3.05, 3.63) is 102 Å². The smallest absolute Gasteiger partial charge is 0.119 e. The predicted octanol–water partition coefficient (Wildman–Crippen LogP) is 6.29. The predicted molar refractivity (Wildman–Crippen MR) is 127 cm³/mol. The lowest BCUT2D eigenvalue weighted by atomic mass is 9.88. The van der Waals surface area contributed by atoms with Crippen LogP contribution in [0.15, 0.2) is 84.9 Å². The second-order valence-electron chi connectivity index (χ2n) is 6.50. The van der Waals surface area contributed by atoms with Gasteiger partial charge in [0.05, 0.1) is 0 Å². The largest absolute Gasteiger partial charge is 0.492 e. The molecule has 0 fully saturated rings. The first kappa shape index (κ1) is 23.0. The summed E-state index contributed by atoms with van der Waals surface area (Å²) in [5.41, 5.74) is 6.03. The molecule has 152 valence electrons. The maximum absolute atomic E-state index is 6.20. The van der Waals surface area contributed by atoms with Gasteiger partial charge < -0.3 is 10.1 Å². The molecule has 0 aromatic heterocycles. The van der Waals surface area contributed by atoms with E-state index in [9.17, 15) is 0 Å². The molecule has 1 N–H and O–H groups in total. The summed E-state index contributed by atoms with van der Waals surface area (Å²) in [4.78, 5) is 0. The van der Waals surface area contributed by atoms with Gasteiger partial charge in [0.2, 0.25) is 0 Å². The number of allylic oxidation sites excluding steroid dienone is 1. The molecule has 0 aliphatic carbocycles. The topological polar surface area (TPSA) is 21.3 Å². The molecule has 29 heavy (non-hydrogen) atoms. The number of hydrogen-bond acceptors (Lipinski definition) is 2. The number of benzene rings is 3. The van der Waals surface area contributed by atoms with Gasteiger partial charge in [-0.15, -0.1) is 24.0 Å². The van der Waals surface area contributed by atoms with E-state index in [2.05, 4.69) is 66.0 Å². The number of halogens is 2. The van der Waals surface area contributed by atoms with Crippen molar-refractivity contribution < 1.29 is 4.74 Å². The molecule has 0 saturated carbocycles. The molecule has 0 heterocycles. The molecule has 0 atom stereocenters. The Bertz CT molecular complexity index is 878. The second-order valence-corrected chi connectivity index (χ2v) is 6.88. The van der Waals surface area contributed by atoms with Crippen molar-refractivity contribution >= 4 is 35.2 Å². The molecule has 0 aliphatic rings. The SMILES string of the molecule is CNCCOc1ccc(/C(=C(\CCCl)c2ccccc2)c2ccccc2)cc1.Cl. The summed E-state index contributed by atoms with van der Waals surface area (Å²) in [6, 6.07) is 29.4. The molecular weight excluding hydrogens is 401 g/mol. The van der Waals surface area contributed by atoms with Crippen LogP contribution in [0.25, 0.3) is 11.1 Å². The van der Waals surface area contributed by atoms with E-state index in [-0.39, 0.29) is 12.4 Å². The van der Waals surface area contributed by atoms with Crippen molar-refractivity contribution in [2.24, 2.45) is 0 Å². The van der Waals surface area contributed by atoms with E-state index in [0.717, 1.165) is 24.3 Å². The van der Waals surface area contributed by atoms with Crippen LogP contribution >= 0.6 is 24.0 Å². The van der Waals surface area contributed by atoms with Crippen molar-refractivity contribution in [3.8, 4) is 5.75 Å². The van der Waals surface area contributed by atoms with Gasteiger partial charge in [-0.2, -0.15) is 0 Å². The second kappa shape index (κ2) is 12.3. The van der Waals surface area contributed by atoms with E-state index in [4.69, 9.17) is 16.3 Å². The summed E-state index contributed by atoms with van der Waals surface area (Å²) in [7, 11) is 1.92. The standard InChI is InChI=1S/C25H26ClNO.ClH/c1-27-18-19-28-23-14-12-22(13-15-23)25(21-10-6-3-7-11-21)24(16-17-26)20-8-4-2-5-9-20;/h2-15,27H,16-19H2,1H3;1H/b25-24+;. The van der Waals surface area contributed by atoms with Gasteiger partial charge in [0.25, 0.3) is 0 Å². The normalized spacial score (nSPS) is 11.4. The Balaban J connectivity index is 0.00000300. The van der Waals surface area contributed by atoms with Gasteiger partial charge in [0.1, 0.15) is 12.4 Å². The summed E-state index contributed by atoms with van der Waals surface area (Å²) in [6.45, 7) is 1.48. The highest BCUT2D eigenvalue weighted by Crippen LogP contribution is 2.35. The number of likely N-dealkylation sites (N-methyl/N-ethyl adjacent to an activating group) is 1. The van der Waals surface area contributed by atoms with E-state index in [1.165, 1.54) is 22.3 Å². The Kier molecular flexibility index (Phi) is 9.79. The fourth-order valence-electron chi connectivity index (χ4n) is 3.26. The fraction of sp³-hybridized carbons (Fsp3) is 0.200. The first-order valence-corrected chi connectivity index (χ1v) is 10.1. The number of nitrogens with one attached hydrogen (secondary N) is 1. The van der Waals surface area contributed by atoms with Crippen LogP contribution in [0.1, 0.15) is 23.1 Å². The summed E-state index contributed by atoms with van der Waals surface area (Å²) < 4.78 is 5.78. The Morgan fingerprint density at radius 3 is 1.90 bits per heavy atom. The Morgan fingerprint density at radius 2 is 1.34 bits per heavy atom. The van der Waals surface area contributed by atoms with Crippen LogP contribution in [0.4, 0.5) is 0 Å². The Morgan fingerprint density at radius 1 is 0.793 bits per heavy atom. The summed E-state index contributed by atoms with van der Waals surface area (Å²) in [5.74, 6) is 1.45. The van der Waals surface area contributed by atoms with Gasteiger partial charge in [-0.3, -0.25) is 0 Å². The lowest BCUT2D eigenvalue weighted by Gasteiger charge is -2.17. The molecule has 4 heteroatoms. The van der Waals surface area contributed by atoms with Crippen molar-refractivity contribution in [3.63, 3.8) is 0 Å². The number of ether oxygens (including phenoxy) is 1. The minimum atomic E-state index is 0. The van der Waals surface area contributed by atoms with Crippen molar-refractivity contribution in [1.82, 2.24) is 5.32 Å². The third kappa shape index (κ3) is 6.37. The highest BCUT2D eigenvalue weighted by molar-refractivity contribution is 6.18. The molecule has 0 spiro atoms. The van der Waals surface area contributed by atoms with Crippen molar-refractivity contribution in [2.45, 2.75) is 6.42 Å². The highest BCUT2D eigenvalue weighted by Gasteiger charge is 2.14. The molecule has 0 saturated heterocycles. The number of rotatable bonds is 9. The molecule has 0 unspecified atom stereocenters. The van der Waals surface area contributed by atoms with Gasteiger partial charge in [-0.05, 0) is 53.4 Å². The molecule has 3 aromatic carbocycles. The van der Waals surface area contributed by atoms with Crippen LogP contribution < -0.4 is 10.1 Å². The molecule has 2 nitrogen and oxygen atoms in total. The first-order valence-electron chi connectivity index (χ1n) is 9.61. The van der Waals surface area contributed by atoms with Crippen LogP contribution in [0.2, 0.25) is 0 Å². The van der Waals surface area contributed by atoms with Crippen LogP contribution in [0.5, 0.6) is 5.75 Å². The van der Waals surface area contributed by atoms with Gasteiger partial charge in [0.15, 0.2) is 0 Å². The van der Waals surface area contributed by atoms with Crippen LogP contribution in [0.3, 0.4) is 0 Å². The lowest BCUT2D eigenvalue weighted by molar-refractivity contribution is 0.318. The average molecular weight is 428 g/mol. The van der Waals surface area contributed by atoms with Crippen molar-refractivity contribution in [2.75, 3.05) is 26.1 Å². The minimum absolute atomic E-state index is 0. The van der Waals surface area contributed by atoms with Gasteiger partial charge in [-0.1, -0.05) is 72.8 Å². The average Bonchev–Trinajstić information content (AvgIpc) is 2.76. The van der Waals surface area contributed by atoms with Crippen molar-refractivity contribution in [1.29, 1.82) is 0 Å². The summed E-state index contributed by atoms with van der Waals surface area (Å²) >= 11 is 6.20.